The molecule has 0 unspecified atom stereocenters. The minimum atomic E-state index is -2.88. The Kier molecular flexibility index (Phi) is 3.66. The molecule has 0 aliphatic carbocycles. The number of aromatic nitrogens is 3. The number of carbonyl (C=O) groups excluding carboxylic acids is 1. The van der Waals surface area contributed by atoms with Gasteiger partial charge in [0.05, 0.1) is 11.5 Å². The highest BCUT2D eigenvalue weighted by atomic mass is 79.9. The smallest absolute Gasteiger partial charge is 0.265 e. The van der Waals surface area contributed by atoms with E-state index in [0.29, 0.717) is 5.56 Å². The zero-order valence-corrected chi connectivity index (χ0v) is 13.4. The summed E-state index contributed by atoms with van der Waals surface area (Å²) in [5.41, 5.74) is 0.629. The topological polar surface area (TPSA) is 72.9 Å². The van der Waals surface area contributed by atoms with Gasteiger partial charge < -0.3 is 0 Å². The van der Waals surface area contributed by atoms with Crippen LogP contribution < -0.4 is 4.57 Å². The van der Waals surface area contributed by atoms with Crippen LogP contribution in [0.1, 0.15) is 16.4 Å². The van der Waals surface area contributed by atoms with E-state index in [1.54, 1.807) is 34.0 Å². The Balaban J connectivity index is 1.67. The van der Waals surface area contributed by atoms with Crippen LogP contribution in [0.25, 0.3) is 0 Å². The average molecular weight is 371 g/mol. The second-order valence-electron chi connectivity index (χ2n) is 5.06. The van der Waals surface area contributed by atoms with Crippen molar-refractivity contribution in [1.29, 1.82) is 0 Å². The molecular weight excluding hydrogens is 358 g/mol. The molecule has 21 heavy (non-hydrogen) atoms. The van der Waals surface area contributed by atoms with Crippen molar-refractivity contribution in [2.45, 2.75) is 12.6 Å². The van der Waals surface area contributed by atoms with Crippen molar-refractivity contribution in [3.63, 3.8) is 0 Å². The maximum Gasteiger partial charge on any atom is 0.265 e. The van der Waals surface area contributed by atoms with Gasteiger partial charge in [-0.1, -0.05) is 28.1 Å². The minimum Gasteiger partial charge on any atom is -0.291 e. The normalized spacial score (nSPS) is 17.4. The molecule has 1 saturated heterocycles. The molecule has 0 saturated carbocycles. The van der Waals surface area contributed by atoms with E-state index in [0.717, 1.165) is 4.47 Å². The summed E-state index contributed by atoms with van der Waals surface area (Å²) in [5, 5.41) is 4.12. The van der Waals surface area contributed by atoms with Gasteiger partial charge in [0.2, 0.25) is 6.33 Å². The largest absolute Gasteiger partial charge is 0.291 e. The Morgan fingerprint density at radius 2 is 2.00 bits per heavy atom. The number of ketones is 1. The predicted octanol–water partition coefficient (Wildman–Crippen LogP) is 0.786. The Morgan fingerprint density at radius 3 is 2.62 bits per heavy atom. The molecule has 3 rings (SSSR count). The second kappa shape index (κ2) is 5.34. The van der Waals surface area contributed by atoms with Gasteiger partial charge >= 0.3 is 0 Å². The Hall–Kier alpha value is -1.54. The van der Waals surface area contributed by atoms with Gasteiger partial charge in [0.1, 0.15) is 12.6 Å². The maximum absolute atomic E-state index is 12.1. The molecule has 6 nitrogen and oxygen atoms in total. The molecule has 1 aliphatic heterocycles. The average Bonchev–Trinajstić information content (AvgIpc) is 2.84. The van der Waals surface area contributed by atoms with Gasteiger partial charge in [0, 0.05) is 15.1 Å². The Morgan fingerprint density at radius 1 is 1.33 bits per heavy atom. The fourth-order valence-corrected chi connectivity index (χ4v) is 3.84. The van der Waals surface area contributed by atoms with E-state index in [4.69, 9.17) is 0 Å². The van der Waals surface area contributed by atoms with Crippen molar-refractivity contribution < 1.29 is 17.8 Å². The summed E-state index contributed by atoms with van der Waals surface area (Å²) in [6.07, 6.45) is 3.22. The lowest BCUT2D eigenvalue weighted by Gasteiger charge is -2.20. The van der Waals surface area contributed by atoms with Gasteiger partial charge in [-0.05, 0) is 12.1 Å². The lowest BCUT2D eigenvalue weighted by Crippen LogP contribution is -2.40. The molecular formula is C13H13BrN3O3S+. The predicted molar refractivity (Wildman–Crippen MR) is 78.6 cm³/mol. The van der Waals surface area contributed by atoms with E-state index in [1.807, 2.05) is 12.1 Å². The molecule has 1 aromatic heterocycles. The van der Waals surface area contributed by atoms with Crippen molar-refractivity contribution >= 4 is 31.6 Å². The maximum atomic E-state index is 12.1. The number of halogens is 1. The van der Waals surface area contributed by atoms with Crippen LogP contribution in [-0.2, 0) is 16.4 Å². The zero-order chi connectivity index (χ0) is 15.0. The summed E-state index contributed by atoms with van der Waals surface area (Å²) in [6.45, 7) is 0.182. The molecule has 0 radical (unpaired) electrons. The van der Waals surface area contributed by atoms with Crippen LogP contribution in [0.4, 0.5) is 0 Å². The van der Waals surface area contributed by atoms with Crippen LogP contribution in [0, 0.1) is 0 Å². The fourth-order valence-electron chi connectivity index (χ4n) is 2.19. The molecule has 1 aliphatic rings. The molecule has 110 valence electrons. The van der Waals surface area contributed by atoms with E-state index in [1.165, 1.54) is 0 Å². The van der Waals surface area contributed by atoms with Crippen LogP contribution in [0.5, 0.6) is 0 Å². The van der Waals surface area contributed by atoms with Crippen LogP contribution >= 0.6 is 15.9 Å². The number of benzene rings is 1. The molecule has 0 bridgehead atoms. The summed E-state index contributed by atoms with van der Waals surface area (Å²) >= 11 is 3.33. The molecule has 1 aromatic carbocycles. The van der Waals surface area contributed by atoms with E-state index in [-0.39, 0.29) is 29.9 Å². The molecule has 0 spiro atoms. The van der Waals surface area contributed by atoms with E-state index in [9.17, 15) is 13.2 Å². The molecule has 1 fully saturated rings. The molecule has 8 heteroatoms. The summed E-state index contributed by atoms with van der Waals surface area (Å²) in [4.78, 5) is 12.1. The van der Waals surface area contributed by atoms with Gasteiger partial charge in [0.15, 0.2) is 15.6 Å². The summed E-state index contributed by atoms with van der Waals surface area (Å²) in [6, 6.07) is 7.05. The minimum absolute atomic E-state index is 0.0201. The quantitative estimate of drug-likeness (QED) is 0.588. The Bertz CT molecular complexity index is 771. The summed E-state index contributed by atoms with van der Waals surface area (Å²) in [7, 11) is -2.88. The number of hydrogen-bond donors (Lipinski definition) is 0. The van der Waals surface area contributed by atoms with Crippen molar-refractivity contribution in [2.75, 3.05) is 11.5 Å². The third-order valence-corrected chi connectivity index (χ3v) is 5.67. The van der Waals surface area contributed by atoms with Crippen molar-refractivity contribution in [3.05, 3.63) is 47.0 Å². The first-order valence-corrected chi connectivity index (χ1v) is 8.97. The lowest BCUT2D eigenvalue weighted by molar-refractivity contribution is -0.684. The number of hydrogen-bond acceptors (Lipinski definition) is 4. The first kappa shape index (κ1) is 14.4. The molecule has 0 amide bonds. The highest BCUT2D eigenvalue weighted by Gasteiger charge is 2.39. The van der Waals surface area contributed by atoms with Gasteiger partial charge in [0.25, 0.3) is 6.33 Å². The number of rotatable bonds is 4. The highest BCUT2D eigenvalue weighted by molar-refractivity contribution is 9.10. The number of sulfone groups is 1. The molecule has 2 aromatic rings. The molecule has 0 atom stereocenters. The van der Waals surface area contributed by atoms with Gasteiger partial charge in [-0.25, -0.2) is 13.0 Å². The van der Waals surface area contributed by atoms with E-state index < -0.39 is 9.84 Å². The van der Waals surface area contributed by atoms with Crippen LogP contribution in [-0.4, -0.2) is 35.5 Å². The van der Waals surface area contributed by atoms with Gasteiger partial charge in [-0.15, -0.1) is 4.68 Å². The zero-order valence-electron chi connectivity index (χ0n) is 11.0. The monoisotopic (exact) mass is 370 g/mol. The lowest BCUT2D eigenvalue weighted by atomic mass is 10.1. The van der Waals surface area contributed by atoms with Crippen LogP contribution in [0.2, 0.25) is 0 Å². The first-order chi connectivity index (χ1) is 9.93. The summed E-state index contributed by atoms with van der Waals surface area (Å²) in [5.74, 6) is 0.221. The molecule has 2 heterocycles. The Labute approximate surface area is 130 Å². The highest BCUT2D eigenvalue weighted by Crippen LogP contribution is 2.21. The SMILES string of the molecule is O=C(C[n+]1cnn(C2CS(=O)(=O)C2)c1)c1ccc(Br)cc1. The third kappa shape index (κ3) is 3.21. The standard InChI is InChI=1S/C13H13BrN3O3S/c14-11-3-1-10(2-4-11)13(18)5-16-8-15-17(9-16)12-6-21(19,20)7-12/h1-4,8-9,12H,5-7H2/q+1. The van der Waals surface area contributed by atoms with Crippen molar-refractivity contribution in [3.8, 4) is 0 Å². The van der Waals surface area contributed by atoms with E-state index >= 15 is 0 Å². The first-order valence-electron chi connectivity index (χ1n) is 6.35. The van der Waals surface area contributed by atoms with E-state index in [2.05, 4.69) is 21.0 Å². The van der Waals surface area contributed by atoms with Crippen LogP contribution in [0.3, 0.4) is 0 Å². The van der Waals surface area contributed by atoms with Gasteiger partial charge in [-0.3, -0.25) is 4.79 Å². The number of carbonyl (C=O) groups is 1. The number of Topliss-reactive ketones (excluding diaryl/α,β-unsaturated/α-hetero) is 1. The van der Waals surface area contributed by atoms with Crippen molar-refractivity contribution in [1.82, 2.24) is 9.78 Å². The second-order valence-corrected chi connectivity index (χ2v) is 8.13. The summed E-state index contributed by atoms with van der Waals surface area (Å²) < 4.78 is 26.5. The third-order valence-electron chi connectivity index (χ3n) is 3.36. The molecule has 0 N–H and O–H groups in total. The fraction of sp³-hybridized carbons (Fsp3) is 0.308. The van der Waals surface area contributed by atoms with Crippen LogP contribution in [0.15, 0.2) is 41.4 Å². The van der Waals surface area contributed by atoms with Gasteiger partial charge in [-0.2, -0.15) is 0 Å². The number of nitrogens with zero attached hydrogens (tertiary/aromatic N) is 3. The van der Waals surface area contributed by atoms with Crippen molar-refractivity contribution in [2.24, 2.45) is 0 Å².